The van der Waals surface area contributed by atoms with Crippen LogP contribution in [0.2, 0.25) is 0 Å². The normalized spacial score (nSPS) is 12.2. The molecule has 0 radical (unpaired) electrons. The van der Waals surface area contributed by atoms with E-state index in [0.29, 0.717) is 0 Å². The second-order valence-corrected chi connectivity index (χ2v) is 5.15. The number of hydrogen-bond donors (Lipinski definition) is 0. The molecule has 0 heterocycles. The smallest absolute Gasteiger partial charge is 0.0198 e. The molecule has 0 unspecified atom stereocenters. The van der Waals surface area contributed by atoms with Gasteiger partial charge in [0, 0.05) is 0 Å². The van der Waals surface area contributed by atoms with Crippen LogP contribution in [-0.2, 0) is 0 Å². The van der Waals surface area contributed by atoms with E-state index in [2.05, 4.69) is 71.6 Å². The molecule has 0 spiro atoms. The molecular weight excluding hydrogens is 228 g/mol. The van der Waals surface area contributed by atoms with Crippen LogP contribution in [0.4, 0.5) is 0 Å². The highest BCUT2D eigenvalue weighted by Gasteiger charge is 2.07. The first-order valence-electron chi connectivity index (χ1n) is 7.04. The fourth-order valence-electron chi connectivity index (χ4n) is 2.31. The molecule has 0 aromatic heterocycles. The third-order valence-corrected chi connectivity index (χ3v) is 3.91. The summed E-state index contributed by atoms with van der Waals surface area (Å²) >= 11 is 0. The summed E-state index contributed by atoms with van der Waals surface area (Å²) in [5.74, 6) is 0. The Morgan fingerprint density at radius 1 is 1.05 bits per heavy atom. The standard InChI is InChI=1S/C19H26/c1-7-9-18(8-2)12-10-15(4)19-13-11-14(3)16(5)17(19)6/h7-9,11,13H,4,10,12H2,1-3,5-6H3/b9-7-,18-8+. The Morgan fingerprint density at radius 2 is 1.74 bits per heavy atom. The largest absolute Gasteiger partial charge is 0.0952 e. The first-order chi connectivity index (χ1) is 9.01. The van der Waals surface area contributed by atoms with Crippen LogP contribution in [0.1, 0.15) is 48.9 Å². The van der Waals surface area contributed by atoms with Gasteiger partial charge in [-0.05, 0) is 75.3 Å². The first kappa shape index (κ1) is 15.5. The maximum absolute atomic E-state index is 4.27. The third kappa shape index (κ3) is 3.96. The molecular formula is C19H26. The highest BCUT2D eigenvalue weighted by atomic mass is 14.1. The Kier molecular flexibility index (Phi) is 5.82. The van der Waals surface area contributed by atoms with Crippen molar-refractivity contribution in [3.8, 4) is 0 Å². The second-order valence-electron chi connectivity index (χ2n) is 5.15. The number of allylic oxidation sites excluding steroid dienone is 5. The van der Waals surface area contributed by atoms with Gasteiger partial charge in [0.2, 0.25) is 0 Å². The van der Waals surface area contributed by atoms with Gasteiger partial charge in [-0.2, -0.15) is 0 Å². The Bertz CT molecular complexity index is 513. The second kappa shape index (κ2) is 7.13. The topological polar surface area (TPSA) is 0 Å². The Morgan fingerprint density at radius 3 is 2.32 bits per heavy atom. The van der Waals surface area contributed by atoms with Crippen molar-refractivity contribution in [2.24, 2.45) is 0 Å². The average molecular weight is 254 g/mol. The van der Waals surface area contributed by atoms with Crippen molar-refractivity contribution in [1.29, 1.82) is 0 Å². The molecule has 102 valence electrons. The SMILES string of the molecule is C=C(CCC(/C=C\C)=C/C)c1ccc(C)c(C)c1C. The fourth-order valence-corrected chi connectivity index (χ4v) is 2.31. The molecule has 19 heavy (non-hydrogen) atoms. The zero-order valence-electron chi connectivity index (χ0n) is 13.0. The molecule has 0 heteroatoms. The summed E-state index contributed by atoms with van der Waals surface area (Å²) in [5, 5.41) is 0. The van der Waals surface area contributed by atoms with Gasteiger partial charge in [0.1, 0.15) is 0 Å². The quantitative estimate of drug-likeness (QED) is 0.571. The molecule has 0 aliphatic carbocycles. The van der Waals surface area contributed by atoms with Crippen LogP contribution in [0, 0.1) is 20.8 Å². The molecule has 1 aromatic rings. The molecule has 0 N–H and O–H groups in total. The van der Waals surface area contributed by atoms with Crippen LogP contribution in [0.3, 0.4) is 0 Å². The van der Waals surface area contributed by atoms with E-state index in [1.165, 1.54) is 33.4 Å². The number of aryl methyl sites for hydroxylation is 1. The van der Waals surface area contributed by atoms with Gasteiger partial charge in [-0.1, -0.05) is 42.5 Å². The maximum atomic E-state index is 4.27. The van der Waals surface area contributed by atoms with Crippen molar-refractivity contribution in [2.45, 2.75) is 47.5 Å². The van der Waals surface area contributed by atoms with E-state index < -0.39 is 0 Å². The zero-order valence-corrected chi connectivity index (χ0v) is 13.0. The molecule has 0 aliphatic rings. The van der Waals surface area contributed by atoms with E-state index in [1.54, 1.807) is 0 Å². The fraction of sp³-hybridized carbons (Fsp3) is 0.368. The minimum atomic E-state index is 1.02. The summed E-state index contributed by atoms with van der Waals surface area (Å²) < 4.78 is 0. The summed E-state index contributed by atoms with van der Waals surface area (Å²) in [5.41, 5.74) is 8.06. The summed E-state index contributed by atoms with van der Waals surface area (Å²) in [6.07, 6.45) is 8.54. The van der Waals surface area contributed by atoms with Crippen LogP contribution < -0.4 is 0 Å². The van der Waals surface area contributed by atoms with Crippen molar-refractivity contribution >= 4 is 5.57 Å². The monoisotopic (exact) mass is 254 g/mol. The lowest BCUT2D eigenvalue weighted by Gasteiger charge is -2.14. The Hall–Kier alpha value is -1.56. The molecule has 1 aromatic carbocycles. The summed E-state index contributed by atoms with van der Waals surface area (Å²) in [7, 11) is 0. The van der Waals surface area contributed by atoms with Gasteiger partial charge >= 0.3 is 0 Å². The third-order valence-electron chi connectivity index (χ3n) is 3.91. The van der Waals surface area contributed by atoms with E-state index in [0.717, 1.165) is 12.8 Å². The molecule has 0 saturated carbocycles. The average Bonchev–Trinajstić information content (AvgIpc) is 2.40. The van der Waals surface area contributed by atoms with Crippen molar-refractivity contribution in [1.82, 2.24) is 0 Å². The van der Waals surface area contributed by atoms with Crippen molar-refractivity contribution < 1.29 is 0 Å². The summed E-state index contributed by atoms with van der Waals surface area (Å²) in [4.78, 5) is 0. The van der Waals surface area contributed by atoms with Crippen molar-refractivity contribution in [3.05, 3.63) is 64.8 Å². The predicted octanol–water partition coefficient (Wildman–Crippen LogP) is 5.93. The van der Waals surface area contributed by atoms with Crippen molar-refractivity contribution in [3.63, 3.8) is 0 Å². The van der Waals surface area contributed by atoms with Gasteiger partial charge in [-0.25, -0.2) is 0 Å². The molecule has 1 rings (SSSR count). The molecule has 0 nitrogen and oxygen atoms in total. The maximum Gasteiger partial charge on any atom is -0.0198 e. The Labute approximate surface area is 118 Å². The van der Waals surface area contributed by atoms with Gasteiger partial charge in [-0.3, -0.25) is 0 Å². The highest BCUT2D eigenvalue weighted by Crippen LogP contribution is 2.27. The predicted molar refractivity (Wildman–Crippen MR) is 87.5 cm³/mol. The minimum Gasteiger partial charge on any atom is -0.0952 e. The lowest BCUT2D eigenvalue weighted by Crippen LogP contribution is -1.94. The number of benzene rings is 1. The van der Waals surface area contributed by atoms with Gasteiger partial charge < -0.3 is 0 Å². The summed E-state index contributed by atoms with van der Waals surface area (Å²) in [6, 6.07) is 4.41. The van der Waals surface area contributed by atoms with E-state index in [1.807, 2.05) is 0 Å². The number of rotatable bonds is 5. The molecule has 0 fully saturated rings. The first-order valence-corrected chi connectivity index (χ1v) is 7.04. The molecule has 0 atom stereocenters. The van der Waals surface area contributed by atoms with Gasteiger partial charge in [0.25, 0.3) is 0 Å². The molecule has 0 saturated heterocycles. The highest BCUT2D eigenvalue weighted by molar-refractivity contribution is 5.68. The van der Waals surface area contributed by atoms with Crippen LogP contribution in [0.25, 0.3) is 5.57 Å². The molecule has 0 bridgehead atoms. The van der Waals surface area contributed by atoms with Crippen LogP contribution in [0.15, 0.2) is 42.5 Å². The molecule has 0 aliphatic heterocycles. The van der Waals surface area contributed by atoms with E-state index >= 15 is 0 Å². The summed E-state index contributed by atoms with van der Waals surface area (Å²) in [6.45, 7) is 15.0. The molecule has 0 amide bonds. The van der Waals surface area contributed by atoms with Crippen LogP contribution >= 0.6 is 0 Å². The van der Waals surface area contributed by atoms with Crippen LogP contribution in [0.5, 0.6) is 0 Å². The van der Waals surface area contributed by atoms with E-state index in [-0.39, 0.29) is 0 Å². The lowest BCUT2D eigenvalue weighted by atomic mass is 9.92. The lowest BCUT2D eigenvalue weighted by molar-refractivity contribution is 1.02. The van der Waals surface area contributed by atoms with E-state index in [9.17, 15) is 0 Å². The van der Waals surface area contributed by atoms with Gasteiger partial charge in [-0.15, -0.1) is 0 Å². The van der Waals surface area contributed by atoms with Crippen molar-refractivity contribution in [2.75, 3.05) is 0 Å². The number of hydrogen-bond acceptors (Lipinski definition) is 0. The minimum absolute atomic E-state index is 1.02. The van der Waals surface area contributed by atoms with Crippen LogP contribution in [-0.4, -0.2) is 0 Å². The van der Waals surface area contributed by atoms with E-state index in [4.69, 9.17) is 0 Å². The van der Waals surface area contributed by atoms with Gasteiger partial charge in [0.15, 0.2) is 0 Å². The van der Waals surface area contributed by atoms with Gasteiger partial charge in [0.05, 0.1) is 0 Å². The zero-order chi connectivity index (χ0) is 14.4. The Balaban J connectivity index is 2.83.